The largest absolute Gasteiger partial charge is 0.453 e. The molecule has 1 aromatic heterocycles. The molecule has 0 spiro atoms. The summed E-state index contributed by atoms with van der Waals surface area (Å²) in [7, 11) is 1.75. The first-order chi connectivity index (χ1) is 7.90. The fourth-order valence-electron chi connectivity index (χ4n) is 1.25. The quantitative estimate of drug-likeness (QED) is 0.870. The third-order valence-corrected chi connectivity index (χ3v) is 2.75. The van der Waals surface area contributed by atoms with Crippen molar-refractivity contribution in [2.24, 2.45) is 5.73 Å². The van der Waals surface area contributed by atoms with Crippen LogP contribution in [0.3, 0.4) is 0 Å². The zero-order chi connectivity index (χ0) is 13.0. The van der Waals surface area contributed by atoms with Gasteiger partial charge in [0.1, 0.15) is 5.76 Å². The van der Waals surface area contributed by atoms with Crippen molar-refractivity contribution in [3.8, 4) is 0 Å². The Bertz CT molecular complexity index is 419. The maximum absolute atomic E-state index is 11.5. The fourth-order valence-corrected chi connectivity index (χ4v) is 1.59. The molecule has 7 heteroatoms. The highest BCUT2D eigenvalue weighted by Crippen LogP contribution is 2.15. The van der Waals surface area contributed by atoms with Crippen LogP contribution in [-0.4, -0.2) is 29.9 Å². The molecular weight excluding hydrogens is 290 g/mol. The van der Waals surface area contributed by atoms with E-state index in [1.807, 2.05) is 5.32 Å². The maximum Gasteiger partial charge on any atom is 0.318 e. The van der Waals surface area contributed by atoms with E-state index >= 15 is 0 Å². The molecule has 6 nitrogen and oxygen atoms in total. The molecule has 0 saturated heterocycles. The van der Waals surface area contributed by atoms with E-state index in [4.69, 9.17) is 10.2 Å². The van der Waals surface area contributed by atoms with Gasteiger partial charge in [-0.1, -0.05) is 0 Å². The van der Waals surface area contributed by atoms with Crippen LogP contribution >= 0.6 is 15.9 Å². The summed E-state index contributed by atoms with van der Waals surface area (Å²) in [6, 6.07) is 2.25. The van der Waals surface area contributed by atoms with E-state index in [2.05, 4.69) is 15.9 Å². The van der Waals surface area contributed by atoms with Gasteiger partial charge in [0.2, 0.25) is 5.91 Å². The van der Waals surface area contributed by atoms with Gasteiger partial charge in [-0.25, -0.2) is 4.79 Å². The molecule has 3 amide bonds. The molecule has 1 atom stereocenters. The Kier molecular flexibility index (Phi) is 4.71. The monoisotopic (exact) mass is 303 g/mol. The topological polar surface area (TPSA) is 88.6 Å². The van der Waals surface area contributed by atoms with Gasteiger partial charge in [-0.3, -0.25) is 15.0 Å². The van der Waals surface area contributed by atoms with Crippen LogP contribution in [0.25, 0.3) is 0 Å². The molecule has 1 aromatic rings. The van der Waals surface area contributed by atoms with Crippen LogP contribution in [0.1, 0.15) is 12.7 Å². The van der Waals surface area contributed by atoms with Crippen molar-refractivity contribution in [1.29, 1.82) is 0 Å². The number of hydrogen-bond acceptors (Lipinski definition) is 4. The van der Waals surface area contributed by atoms with Crippen molar-refractivity contribution >= 4 is 27.9 Å². The molecule has 0 unspecified atom stereocenters. The van der Waals surface area contributed by atoms with Crippen LogP contribution in [0, 0.1) is 0 Å². The number of carbonyl (C=O) groups is 2. The summed E-state index contributed by atoms with van der Waals surface area (Å²) in [5, 5.41) is 2.03. The normalized spacial score (nSPS) is 12.5. The number of halogens is 1. The number of nitrogens with two attached hydrogens (primary N) is 1. The molecule has 3 N–H and O–H groups in total. The maximum atomic E-state index is 11.5. The van der Waals surface area contributed by atoms with Crippen molar-refractivity contribution in [3.05, 3.63) is 22.6 Å². The molecule has 0 fully saturated rings. The summed E-state index contributed by atoms with van der Waals surface area (Å²) in [5.74, 6) is 0.281. The van der Waals surface area contributed by atoms with Gasteiger partial charge < -0.3 is 10.2 Å². The lowest BCUT2D eigenvalue weighted by Crippen LogP contribution is -2.46. The lowest BCUT2D eigenvalue weighted by Gasteiger charge is -2.21. The smallest absolute Gasteiger partial charge is 0.318 e. The number of rotatable bonds is 4. The summed E-state index contributed by atoms with van der Waals surface area (Å²) in [6.45, 7) is 2.13. The summed E-state index contributed by atoms with van der Waals surface area (Å²) in [4.78, 5) is 23.8. The second-order valence-corrected chi connectivity index (χ2v) is 4.43. The number of urea groups is 1. The van der Waals surface area contributed by atoms with E-state index in [0.29, 0.717) is 11.2 Å². The Morgan fingerprint density at radius 2 is 2.24 bits per heavy atom. The van der Waals surface area contributed by atoms with E-state index in [-0.39, 0.29) is 0 Å². The van der Waals surface area contributed by atoms with Crippen LogP contribution in [0.4, 0.5) is 4.79 Å². The number of imide groups is 1. The van der Waals surface area contributed by atoms with Gasteiger partial charge in [-0.05, 0) is 42.0 Å². The number of amides is 3. The predicted molar refractivity (Wildman–Crippen MR) is 65.1 cm³/mol. The van der Waals surface area contributed by atoms with Gasteiger partial charge in [-0.15, -0.1) is 0 Å². The average Bonchev–Trinajstić information content (AvgIpc) is 2.61. The highest BCUT2D eigenvalue weighted by Gasteiger charge is 2.20. The lowest BCUT2D eigenvalue weighted by molar-refractivity contribution is -0.124. The Labute approximate surface area is 107 Å². The predicted octanol–water partition coefficient (Wildman–Crippen LogP) is 1.06. The molecule has 94 valence electrons. The van der Waals surface area contributed by atoms with Crippen molar-refractivity contribution < 1.29 is 14.0 Å². The molecular formula is C10H14BrN3O3. The van der Waals surface area contributed by atoms with Gasteiger partial charge in [0.15, 0.2) is 4.67 Å². The lowest BCUT2D eigenvalue weighted by atomic mass is 10.2. The minimum atomic E-state index is -0.851. The summed E-state index contributed by atoms with van der Waals surface area (Å²) in [6.07, 6.45) is 0. The van der Waals surface area contributed by atoms with Crippen LogP contribution in [0.15, 0.2) is 21.2 Å². The van der Waals surface area contributed by atoms with Crippen LogP contribution in [0.2, 0.25) is 0 Å². The minimum Gasteiger partial charge on any atom is -0.453 e. The molecule has 1 heterocycles. The summed E-state index contributed by atoms with van der Waals surface area (Å²) >= 11 is 3.20. The van der Waals surface area contributed by atoms with Crippen molar-refractivity contribution in [2.75, 3.05) is 7.05 Å². The van der Waals surface area contributed by atoms with Gasteiger partial charge in [-0.2, -0.15) is 0 Å². The number of nitrogens with zero attached hydrogens (tertiary/aromatic N) is 1. The first kappa shape index (κ1) is 13.7. The Balaban J connectivity index is 2.54. The summed E-state index contributed by atoms with van der Waals surface area (Å²) < 4.78 is 5.95. The molecule has 0 radical (unpaired) electrons. The standard InChI is InChI=1S/C10H14BrN3O3/c1-6(9(15)13-10(12)16)14(2)5-7-3-4-8(11)17-7/h3-4,6H,5H2,1-2H3,(H3,12,13,15,16)/t6-/m1/s1. The van der Waals surface area contributed by atoms with E-state index in [1.54, 1.807) is 31.0 Å². The number of nitrogens with one attached hydrogen (secondary N) is 1. The first-order valence-electron chi connectivity index (χ1n) is 4.95. The van der Waals surface area contributed by atoms with Crippen LogP contribution in [0.5, 0.6) is 0 Å². The first-order valence-corrected chi connectivity index (χ1v) is 5.74. The van der Waals surface area contributed by atoms with Crippen molar-refractivity contribution in [2.45, 2.75) is 19.5 Å². The Morgan fingerprint density at radius 1 is 1.59 bits per heavy atom. The van der Waals surface area contributed by atoms with Gasteiger partial charge in [0.25, 0.3) is 0 Å². The second kappa shape index (κ2) is 5.83. The van der Waals surface area contributed by atoms with Crippen molar-refractivity contribution in [3.63, 3.8) is 0 Å². The highest BCUT2D eigenvalue weighted by molar-refractivity contribution is 9.10. The molecule has 0 aliphatic heterocycles. The second-order valence-electron chi connectivity index (χ2n) is 3.65. The molecule has 0 aliphatic carbocycles. The van der Waals surface area contributed by atoms with Crippen LogP contribution < -0.4 is 11.1 Å². The van der Waals surface area contributed by atoms with E-state index in [9.17, 15) is 9.59 Å². The molecule has 0 aromatic carbocycles. The molecule has 0 bridgehead atoms. The van der Waals surface area contributed by atoms with E-state index in [0.717, 1.165) is 5.76 Å². The fraction of sp³-hybridized carbons (Fsp3) is 0.400. The number of furan rings is 1. The Morgan fingerprint density at radius 3 is 2.71 bits per heavy atom. The van der Waals surface area contributed by atoms with Crippen LogP contribution in [-0.2, 0) is 11.3 Å². The third kappa shape index (κ3) is 4.20. The zero-order valence-electron chi connectivity index (χ0n) is 9.57. The SMILES string of the molecule is C[C@H](C(=O)NC(N)=O)N(C)Cc1ccc(Br)o1. The third-order valence-electron chi connectivity index (χ3n) is 2.32. The number of carbonyl (C=O) groups excluding carboxylic acids is 2. The van der Waals surface area contributed by atoms with Gasteiger partial charge in [0, 0.05) is 0 Å². The number of hydrogen-bond donors (Lipinski definition) is 2. The number of primary amides is 1. The molecule has 0 aliphatic rings. The van der Waals surface area contributed by atoms with Gasteiger partial charge >= 0.3 is 6.03 Å². The Hall–Kier alpha value is -1.34. The molecule has 0 saturated carbocycles. The van der Waals surface area contributed by atoms with E-state index < -0.39 is 18.0 Å². The summed E-state index contributed by atoms with van der Waals surface area (Å²) in [5.41, 5.74) is 4.87. The van der Waals surface area contributed by atoms with Crippen molar-refractivity contribution in [1.82, 2.24) is 10.2 Å². The van der Waals surface area contributed by atoms with E-state index in [1.165, 1.54) is 0 Å². The highest BCUT2D eigenvalue weighted by atomic mass is 79.9. The van der Waals surface area contributed by atoms with Gasteiger partial charge in [0.05, 0.1) is 12.6 Å². The average molecular weight is 304 g/mol. The minimum absolute atomic E-state index is 0.439. The molecule has 1 rings (SSSR count). The number of likely N-dealkylation sites (N-methyl/N-ethyl adjacent to an activating group) is 1. The molecule has 17 heavy (non-hydrogen) atoms. The zero-order valence-corrected chi connectivity index (χ0v) is 11.2.